The van der Waals surface area contributed by atoms with Crippen molar-refractivity contribution in [3.05, 3.63) is 47.8 Å². The Bertz CT molecular complexity index is 655. The molecular formula is C18H25N3O2. The minimum Gasteiger partial charge on any atom is -0.491 e. The van der Waals surface area contributed by atoms with Gasteiger partial charge in [-0.1, -0.05) is 12.1 Å². The smallest absolute Gasteiger partial charge is 0.119 e. The number of likely N-dealkylation sites (tertiary alicyclic amines) is 1. The lowest BCUT2D eigenvalue weighted by atomic mass is 9.93. The fraction of sp³-hybridized carbons (Fsp3) is 0.500. The third-order valence-electron chi connectivity index (χ3n) is 4.29. The van der Waals surface area contributed by atoms with Gasteiger partial charge in [-0.3, -0.25) is 9.58 Å². The van der Waals surface area contributed by atoms with Crippen LogP contribution in [0, 0.1) is 6.92 Å². The molecule has 0 unspecified atom stereocenters. The molecule has 0 saturated carbocycles. The van der Waals surface area contributed by atoms with Crippen LogP contribution in [0.5, 0.6) is 5.75 Å². The molecule has 1 aromatic heterocycles. The Morgan fingerprint density at radius 1 is 1.35 bits per heavy atom. The standard InChI is InChI=1S/C18H25N3O2/c1-15-5-3-6-17(11-15)23-14-18(22)8-4-9-21(13-18)12-16-7-10-20(2)19-16/h3,5-7,10-11,22H,4,8-9,12-14H2,1-2H3/t18-/m1/s1. The summed E-state index contributed by atoms with van der Waals surface area (Å²) in [7, 11) is 1.92. The Morgan fingerprint density at radius 3 is 2.96 bits per heavy atom. The molecule has 0 bridgehead atoms. The summed E-state index contributed by atoms with van der Waals surface area (Å²) in [5.41, 5.74) is 1.41. The van der Waals surface area contributed by atoms with E-state index in [0.717, 1.165) is 42.9 Å². The Morgan fingerprint density at radius 2 is 2.22 bits per heavy atom. The molecule has 0 spiro atoms. The third-order valence-corrected chi connectivity index (χ3v) is 4.29. The van der Waals surface area contributed by atoms with E-state index in [2.05, 4.69) is 10.00 Å². The number of hydrogen-bond donors (Lipinski definition) is 1. The van der Waals surface area contributed by atoms with Crippen molar-refractivity contribution in [1.29, 1.82) is 0 Å². The summed E-state index contributed by atoms with van der Waals surface area (Å²) in [4.78, 5) is 2.26. The fourth-order valence-corrected chi connectivity index (χ4v) is 3.16. The van der Waals surface area contributed by atoms with Crippen LogP contribution in [0.25, 0.3) is 0 Å². The first-order valence-corrected chi connectivity index (χ1v) is 8.15. The van der Waals surface area contributed by atoms with Crippen LogP contribution >= 0.6 is 0 Å². The molecule has 23 heavy (non-hydrogen) atoms. The van der Waals surface area contributed by atoms with Crippen molar-refractivity contribution in [2.75, 3.05) is 19.7 Å². The maximum absolute atomic E-state index is 10.9. The molecule has 1 aromatic carbocycles. The van der Waals surface area contributed by atoms with Crippen molar-refractivity contribution in [2.45, 2.75) is 31.9 Å². The van der Waals surface area contributed by atoms with Crippen LogP contribution in [0.4, 0.5) is 0 Å². The predicted molar refractivity (Wildman–Crippen MR) is 89.3 cm³/mol. The fourth-order valence-electron chi connectivity index (χ4n) is 3.16. The van der Waals surface area contributed by atoms with Crippen LogP contribution in [-0.4, -0.2) is 45.1 Å². The first-order chi connectivity index (χ1) is 11.0. The topological polar surface area (TPSA) is 50.5 Å². The normalized spacial score (nSPS) is 22.2. The molecule has 1 atom stereocenters. The van der Waals surface area contributed by atoms with Crippen molar-refractivity contribution < 1.29 is 9.84 Å². The average Bonchev–Trinajstić information content (AvgIpc) is 2.91. The zero-order valence-corrected chi connectivity index (χ0v) is 13.9. The van der Waals surface area contributed by atoms with Gasteiger partial charge in [0.25, 0.3) is 0 Å². The first-order valence-electron chi connectivity index (χ1n) is 8.15. The van der Waals surface area contributed by atoms with Gasteiger partial charge in [-0.25, -0.2) is 0 Å². The Labute approximate surface area is 137 Å². The molecule has 5 nitrogen and oxygen atoms in total. The summed E-state index contributed by atoms with van der Waals surface area (Å²) in [6.07, 6.45) is 3.70. The molecule has 1 saturated heterocycles. The Hall–Kier alpha value is -1.85. The first kappa shape index (κ1) is 16.0. The summed E-state index contributed by atoms with van der Waals surface area (Å²) in [6, 6.07) is 9.97. The molecule has 0 aliphatic carbocycles. The highest BCUT2D eigenvalue weighted by Crippen LogP contribution is 2.24. The molecule has 2 heterocycles. The second-order valence-corrected chi connectivity index (χ2v) is 6.62. The van der Waals surface area contributed by atoms with E-state index in [1.54, 1.807) is 0 Å². The zero-order chi connectivity index (χ0) is 16.3. The van der Waals surface area contributed by atoms with Crippen molar-refractivity contribution in [3.8, 4) is 5.75 Å². The number of hydrogen-bond acceptors (Lipinski definition) is 4. The van der Waals surface area contributed by atoms with Gasteiger partial charge in [0.1, 0.15) is 18.0 Å². The second kappa shape index (κ2) is 6.72. The van der Waals surface area contributed by atoms with E-state index < -0.39 is 5.60 Å². The van der Waals surface area contributed by atoms with E-state index in [1.807, 2.05) is 55.2 Å². The Kier molecular flexibility index (Phi) is 4.68. The number of β-amino-alcohol motifs (C(OH)–C–C–N with tert-alkyl or cyclic N) is 1. The molecule has 2 aromatic rings. The van der Waals surface area contributed by atoms with Crippen LogP contribution in [0.15, 0.2) is 36.5 Å². The van der Waals surface area contributed by atoms with Gasteiger partial charge in [0.2, 0.25) is 0 Å². The van der Waals surface area contributed by atoms with Gasteiger partial charge in [0, 0.05) is 26.3 Å². The lowest BCUT2D eigenvalue weighted by molar-refractivity contribution is -0.0623. The highest BCUT2D eigenvalue weighted by molar-refractivity contribution is 5.27. The number of benzene rings is 1. The van der Waals surface area contributed by atoms with Crippen molar-refractivity contribution in [2.24, 2.45) is 7.05 Å². The van der Waals surface area contributed by atoms with Crippen molar-refractivity contribution in [1.82, 2.24) is 14.7 Å². The van der Waals surface area contributed by atoms with Crippen LogP contribution in [-0.2, 0) is 13.6 Å². The van der Waals surface area contributed by atoms with Crippen LogP contribution < -0.4 is 4.74 Å². The molecule has 1 fully saturated rings. The largest absolute Gasteiger partial charge is 0.491 e. The van der Waals surface area contributed by atoms with E-state index in [9.17, 15) is 5.11 Å². The summed E-state index contributed by atoms with van der Waals surface area (Å²) in [5, 5.41) is 15.3. The highest BCUT2D eigenvalue weighted by atomic mass is 16.5. The number of aromatic nitrogens is 2. The maximum atomic E-state index is 10.9. The van der Waals surface area contributed by atoms with Crippen LogP contribution in [0.2, 0.25) is 0 Å². The molecule has 5 heteroatoms. The molecule has 124 valence electrons. The van der Waals surface area contributed by atoms with Crippen LogP contribution in [0.1, 0.15) is 24.1 Å². The molecule has 0 radical (unpaired) electrons. The van der Waals surface area contributed by atoms with Crippen LogP contribution in [0.3, 0.4) is 0 Å². The number of nitrogens with zero attached hydrogens (tertiary/aromatic N) is 3. The maximum Gasteiger partial charge on any atom is 0.119 e. The van der Waals surface area contributed by atoms with E-state index in [-0.39, 0.29) is 0 Å². The number of piperidine rings is 1. The van der Waals surface area contributed by atoms with Gasteiger partial charge >= 0.3 is 0 Å². The van der Waals surface area contributed by atoms with E-state index in [1.165, 1.54) is 0 Å². The minimum absolute atomic E-state index is 0.329. The van der Waals surface area contributed by atoms with E-state index in [4.69, 9.17) is 4.74 Å². The molecular weight excluding hydrogens is 290 g/mol. The van der Waals surface area contributed by atoms with Crippen molar-refractivity contribution >= 4 is 0 Å². The van der Waals surface area contributed by atoms with Gasteiger partial charge < -0.3 is 9.84 Å². The predicted octanol–water partition coefficient (Wildman–Crippen LogP) is 2.13. The molecule has 1 aliphatic heterocycles. The molecule has 0 amide bonds. The summed E-state index contributed by atoms with van der Waals surface area (Å²) < 4.78 is 7.65. The number of ether oxygens (including phenoxy) is 1. The SMILES string of the molecule is Cc1cccc(OC[C@@]2(O)CCCN(Cc3ccn(C)n3)C2)c1. The van der Waals surface area contributed by atoms with Gasteiger partial charge in [0.05, 0.1) is 5.69 Å². The number of rotatable bonds is 5. The lowest BCUT2D eigenvalue weighted by Gasteiger charge is -2.38. The zero-order valence-electron chi connectivity index (χ0n) is 13.9. The van der Waals surface area contributed by atoms with E-state index >= 15 is 0 Å². The number of aliphatic hydroxyl groups is 1. The molecule has 1 aliphatic rings. The van der Waals surface area contributed by atoms with Gasteiger partial charge in [0.15, 0.2) is 0 Å². The average molecular weight is 315 g/mol. The summed E-state index contributed by atoms with van der Waals surface area (Å²) in [6.45, 7) is 4.75. The summed E-state index contributed by atoms with van der Waals surface area (Å²) >= 11 is 0. The lowest BCUT2D eigenvalue weighted by Crippen LogP contribution is -2.51. The summed E-state index contributed by atoms with van der Waals surface area (Å²) in [5.74, 6) is 0.820. The van der Waals surface area contributed by atoms with Gasteiger partial charge in [-0.15, -0.1) is 0 Å². The van der Waals surface area contributed by atoms with Crippen molar-refractivity contribution in [3.63, 3.8) is 0 Å². The Balaban J connectivity index is 1.57. The quantitative estimate of drug-likeness (QED) is 0.918. The second-order valence-electron chi connectivity index (χ2n) is 6.62. The molecule has 3 rings (SSSR count). The monoisotopic (exact) mass is 315 g/mol. The van der Waals surface area contributed by atoms with Gasteiger partial charge in [-0.2, -0.15) is 5.10 Å². The van der Waals surface area contributed by atoms with E-state index in [0.29, 0.717) is 13.2 Å². The molecule has 1 N–H and O–H groups in total. The van der Waals surface area contributed by atoms with Gasteiger partial charge in [-0.05, 0) is 50.1 Å². The third kappa shape index (κ3) is 4.33. The highest BCUT2D eigenvalue weighted by Gasteiger charge is 2.34. The number of aryl methyl sites for hydroxylation is 2. The minimum atomic E-state index is -0.795.